The fourth-order valence-electron chi connectivity index (χ4n) is 3.36. The third-order valence-electron chi connectivity index (χ3n) is 5.26. The molecule has 0 aliphatic carbocycles. The van der Waals surface area contributed by atoms with Crippen LogP contribution in [0.25, 0.3) is 0 Å². The van der Waals surface area contributed by atoms with Crippen molar-refractivity contribution in [2.75, 3.05) is 32.8 Å². The molecule has 1 aliphatic heterocycles. The van der Waals surface area contributed by atoms with E-state index in [-0.39, 0.29) is 30.6 Å². The molecule has 0 radical (unpaired) electrons. The van der Waals surface area contributed by atoms with Crippen molar-refractivity contribution in [2.24, 2.45) is 0 Å². The quantitative estimate of drug-likeness (QED) is 0.709. The molecule has 0 spiro atoms. The summed E-state index contributed by atoms with van der Waals surface area (Å²) >= 11 is 0. The van der Waals surface area contributed by atoms with Crippen molar-refractivity contribution in [1.82, 2.24) is 10.2 Å². The number of nitrogens with zero attached hydrogens (tertiary/aromatic N) is 1. The molecular formula is C22H28N2O4. The van der Waals surface area contributed by atoms with E-state index in [9.17, 15) is 9.59 Å². The second-order valence-electron chi connectivity index (χ2n) is 7.21. The zero-order chi connectivity index (χ0) is 19.9. The summed E-state index contributed by atoms with van der Waals surface area (Å²) in [6, 6.07) is 9.41. The van der Waals surface area contributed by atoms with Gasteiger partial charge in [0.1, 0.15) is 5.76 Å². The number of ketones is 1. The lowest BCUT2D eigenvalue weighted by Gasteiger charge is -2.33. The Hall–Kier alpha value is -2.44. The molecule has 2 aromatic rings. The smallest absolute Gasteiger partial charge is 0.220 e. The zero-order valence-electron chi connectivity index (χ0n) is 16.6. The fraction of sp³-hybridized carbons (Fsp3) is 0.455. The Morgan fingerprint density at radius 1 is 1.11 bits per heavy atom. The summed E-state index contributed by atoms with van der Waals surface area (Å²) in [5, 5.41) is 2.96. The zero-order valence-corrected chi connectivity index (χ0v) is 16.6. The monoisotopic (exact) mass is 384 g/mol. The number of carbonyl (C=O) groups is 2. The molecule has 6 nitrogen and oxygen atoms in total. The summed E-state index contributed by atoms with van der Waals surface area (Å²) in [5.41, 5.74) is 2.90. The number of rotatable bonds is 8. The van der Waals surface area contributed by atoms with Crippen LogP contribution in [0.2, 0.25) is 0 Å². The first-order chi connectivity index (χ1) is 13.5. The normalized spacial score (nSPS) is 15.9. The molecule has 0 saturated carbocycles. The number of nitrogens with one attached hydrogen (secondary N) is 1. The summed E-state index contributed by atoms with van der Waals surface area (Å²) < 4.78 is 11.0. The highest BCUT2D eigenvalue weighted by molar-refractivity contribution is 5.98. The first-order valence-electron chi connectivity index (χ1n) is 9.77. The molecule has 1 saturated heterocycles. The summed E-state index contributed by atoms with van der Waals surface area (Å²) in [4.78, 5) is 26.9. The van der Waals surface area contributed by atoms with E-state index in [1.54, 1.807) is 6.26 Å². The predicted octanol–water partition coefficient (Wildman–Crippen LogP) is 3.05. The molecule has 1 unspecified atom stereocenters. The first kappa shape index (κ1) is 20.3. The van der Waals surface area contributed by atoms with E-state index in [0.717, 1.165) is 30.0 Å². The van der Waals surface area contributed by atoms with Crippen LogP contribution in [0.1, 0.15) is 46.1 Å². The number of hydrogen-bond acceptors (Lipinski definition) is 5. The van der Waals surface area contributed by atoms with Crippen LogP contribution in [0.4, 0.5) is 0 Å². The Morgan fingerprint density at radius 2 is 1.89 bits per heavy atom. The van der Waals surface area contributed by atoms with E-state index in [0.29, 0.717) is 25.3 Å². The maximum atomic E-state index is 12.4. The van der Waals surface area contributed by atoms with E-state index in [4.69, 9.17) is 9.15 Å². The average molecular weight is 384 g/mol. The van der Waals surface area contributed by atoms with Crippen LogP contribution >= 0.6 is 0 Å². The van der Waals surface area contributed by atoms with Gasteiger partial charge in [0.2, 0.25) is 5.91 Å². The molecule has 0 bridgehead atoms. The standard InChI is InChI=1S/C22H28N2O4/c1-16-5-6-18(14-17(16)2)20(25)7-8-22(26)23-15-19(21-4-3-11-28-21)24-9-12-27-13-10-24/h3-6,11,14,19H,7-10,12-13,15H2,1-2H3,(H,23,26). The highest BCUT2D eigenvalue weighted by Crippen LogP contribution is 2.21. The number of morpholine rings is 1. The Labute approximate surface area is 165 Å². The van der Waals surface area contributed by atoms with Gasteiger partial charge in [-0.05, 0) is 43.2 Å². The van der Waals surface area contributed by atoms with Gasteiger partial charge >= 0.3 is 0 Å². The van der Waals surface area contributed by atoms with E-state index < -0.39 is 0 Å². The van der Waals surface area contributed by atoms with Crippen molar-refractivity contribution >= 4 is 11.7 Å². The van der Waals surface area contributed by atoms with Crippen LogP contribution < -0.4 is 5.32 Å². The van der Waals surface area contributed by atoms with Crippen LogP contribution in [0.3, 0.4) is 0 Å². The van der Waals surface area contributed by atoms with Gasteiger partial charge in [-0.2, -0.15) is 0 Å². The largest absolute Gasteiger partial charge is 0.468 e. The van der Waals surface area contributed by atoms with Gasteiger partial charge in [0.05, 0.1) is 25.5 Å². The number of aryl methyl sites for hydroxylation is 2. The van der Waals surface area contributed by atoms with E-state index in [2.05, 4.69) is 10.2 Å². The average Bonchev–Trinajstić information content (AvgIpc) is 3.23. The van der Waals surface area contributed by atoms with Crippen LogP contribution in [-0.4, -0.2) is 49.4 Å². The van der Waals surface area contributed by atoms with Gasteiger partial charge in [-0.25, -0.2) is 0 Å². The number of ether oxygens (including phenoxy) is 1. The molecule has 1 fully saturated rings. The van der Waals surface area contributed by atoms with Crippen molar-refractivity contribution in [2.45, 2.75) is 32.7 Å². The Bertz CT molecular complexity index is 795. The van der Waals surface area contributed by atoms with Gasteiger partial charge in [0.25, 0.3) is 0 Å². The SMILES string of the molecule is Cc1ccc(C(=O)CCC(=O)NCC(c2ccco2)N2CCOCC2)cc1C. The highest BCUT2D eigenvalue weighted by Gasteiger charge is 2.25. The van der Waals surface area contributed by atoms with Crippen LogP contribution in [0, 0.1) is 13.8 Å². The molecule has 1 aromatic carbocycles. The molecule has 1 N–H and O–H groups in total. The minimum Gasteiger partial charge on any atom is -0.468 e. The number of furan rings is 1. The molecule has 150 valence electrons. The molecular weight excluding hydrogens is 356 g/mol. The molecule has 6 heteroatoms. The van der Waals surface area contributed by atoms with Gasteiger partial charge in [0, 0.05) is 38.0 Å². The second kappa shape index (κ2) is 9.66. The van der Waals surface area contributed by atoms with Gasteiger partial charge in [-0.1, -0.05) is 12.1 Å². The van der Waals surface area contributed by atoms with Crippen LogP contribution in [-0.2, 0) is 9.53 Å². The lowest BCUT2D eigenvalue weighted by Crippen LogP contribution is -2.43. The molecule has 3 rings (SSSR count). The molecule has 1 aromatic heterocycles. The van der Waals surface area contributed by atoms with E-state index >= 15 is 0 Å². The second-order valence-corrected chi connectivity index (χ2v) is 7.21. The number of Topliss-reactive ketones (excluding diaryl/α,β-unsaturated/α-hetero) is 1. The van der Waals surface area contributed by atoms with E-state index in [1.165, 1.54) is 0 Å². The highest BCUT2D eigenvalue weighted by atomic mass is 16.5. The number of benzene rings is 1. The van der Waals surface area contributed by atoms with Crippen LogP contribution in [0.15, 0.2) is 41.0 Å². The Balaban J connectivity index is 1.51. The predicted molar refractivity (Wildman–Crippen MR) is 106 cm³/mol. The summed E-state index contributed by atoms with van der Waals surface area (Å²) in [7, 11) is 0. The van der Waals surface area contributed by atoms with Crippen LogP contribution in [0.5, 0.6) is 0 Å². The van der Waals surface area contributed by atoms with Crippen molar-refractivity contribution in [3.8, 4) is 0 Å². The minimum atomic E-state index is -0.123. The van der Waals surface area contributed by atoms with Gasteiger partial charge in [0.15, 0.2) is 5.78 Å². The number of amides is 1. The summed E-state index contributed by atoms with van der Waals surface area (Å²) in [6.45, 7) is 7.40. The Kier molecular flexibility index (Phi) is 7.01. The lowest BCUT2D eigenvalue weighted by atomic mass is 10.0. The molecule has 1 atom stereocenters. The lowest BCUT2D eigenvalue weighted by molar-refractivity contribution is -0.121. The third kappa shape index (κ3) is 5.30. The molecule has 1 aliphatic rings. The van der Waals surface area contributed by atoms with Gasteiger partial charge in [-0.3, -0.25) is 14.5 Å². The summed E-state index contributed by atoms with van der Waals surface area (Å²) in [6.07, 6.45) is 2.03. The fourth-order valence-corrected chi connectivity index (χ4v) is 3.36. The topological polar surface area (TPSA) is 71.8 Å². The van der Waals surface area contributed by atoms with Crippen molar-refractivity contribution in [1.29, 1.82) is 0 Å². The van der Waals surface area contributed by atoms with Gasteiger partial charge < -0.3 is 14.5 Å². The van der Waals surface area contributed by atoms with Crippen molar-refractivity contribution in [3.05, 3.63) is 59.0 Å². The number of hydrogen-bond donors (Lipinski definition) is 1. The molecule has 28 heavy (non-hydrogen) atoms. The van der Waals surface area contributed by atoms with Crippen molar-refractivity contribution < 1.29 is 18.7 Å². The van der Waals surface area contributed by atoms with E-state index in [1.807, 2.05) is 44.2 Å². The third-order valence-corrected chi connectivity index (χ3v) is 5.26. The minimum absolute atomic E-state index is 0.00554. The maximum Gasteiger partial charge on any atom is 0.220 e. The van der Waals surface area contributed by atoms with Gasteiger partial charge in [-0.15, -0.1) is 0 Å². The summed E-state index contributed by atoms with van der Waals surface area (Å²) in [5.74, 6) is 0.699. The number of carbonyl (C=O) groups excluding carboxylic acids is 2. The molecule has 2 heterocycles. The molecule has 1 amide bonds. The Morgan fingerprint density at radius 3 is 2.57 bits per heavy atom. The van der Waals surface area contributed by atoms with Crippen molar-refractivity contribution in [3.63, 3.8) is 0 Å². The first-order valence-corrected chi connectivity index (χ1v) is 9.77. The maximum absolute atomic E-state index is 12.4.